The number of pyridine rings is 1. The fraction of sp³-hybridized carbons (Fsp3) is 0.182. The number of amides is 1. The highest BCUT2D eigenvalue weighted by molar-refractivity contribution is 8.00. The zero-order valence-electron chi connectivity index (χ0n) is 16.5. The lowest BCUT2D eigenvalue weighted by Crippen LogP contribution is -2.23. The molecule has 1 unspecified atom stereocenters. The predicted molar refractivity (Wildman–Crippen MR) is 117 cm³/mol. The number of nitrogens with one attached hydrogen (secondary N) is 1. The Hall–Kier alpha value is -3.19. The van der Waals surface area contributed by atoms with Crippen LogP contribution in [0.3, 0.4) is 0 Å². The summed E-state index contributed by atoms with van der Waals surface area (Å²) in [6.07, 6.45) is 3.42. The Morgan fingerprint density at radius 2 is 2.00 bits per heavy atom. The molecule has 0 aliphatic rings. The summed E-state index contributed by atoms with van der Waals surface area (Å²) in [5.41, 5.74) is 4.94. The van der Waals surface area contributed by atoms with E-state index in [1.165, 1.54) is 17.3 Å². The number of nitrogens with zero attached hydrogens (tertiary/aromatic N) is 4. The Morgan fingerprint density at radius 1 is 1.14 bits per heavy atom. The van der Waals surface area contributed by atoms with Crippen LogP contribution >= 0.6 is 11.8 Å². The van der Waals surface area contributed by atoms with Crippen LogP contribution < -0.4 is 5.32 Å². The van der Waals surface area contributed by atoms with Crippen LogP contribution in [0.25, 0.3) is 16.6 Å². The summed E-state index contributed by atoms with van der Waals surface area (Å²) in [6.45, 7) is 5.99. The van der Waals surface area contributed by atoms with E-state index in [9.17, 15) is 4.79 Å². The van der Waals surface area contributed by atoms with Crippen LogP contribution in [0.15, 0.2) is 66.2 Å². The lowest BCUT2D eigenvalue weighted by molar-refractivity contribution is -0.115. The molecule has 0 saturated heterocycles. The molecule has 2 aromatic heterocycles. The van der Waals surface area contributed by atoms with Crippen molar-refractivity contribution < 1.29 is 4.79 Å². The first-order valence-electron chi connectivity index (χ1n) is 9.32. The first kappa shape index (κ1) is 19.1. The number of carbonyl (C=O) groups excluding carboxylic acids is 1. The van der Waals surface area contributed by atoms with Gasteiger partial charge in [0, 0.05) is 11.6 Å². The normalized spacial score (nSPS) is 12.1. The largest absolute Gasteiger partial charge is 0.324 e. The van der Waals surface area contributed by atoms with Gasteiger partial charge in [0.25, 0.3) is 0 Å². The molecule has 7 heteroatoms. The van der Waals surface area contributed by atoms with Crippen LogP contribution in [0, 0.1) is 13.8 Å². The third-order valence-corrected chi connectivity index (χ3v) is 5.74. The number of benzene rings is 2. The highest BCUT2D eigenvalue weighted by Gasteiger charge is 2.20. The molecule has 0 radical (unpaired) electrons. The third kappa shape index (κ3) is 4.00. The SMILES string of the molecule is Cc1ccc(-n2cnnc2SC(C)C(=O)Nc2cccc3ncccc23)c(C)c1. The van der Waals surface area contributed by atoms with Crippen molar-refractivity contribution in [3.63, 3.8) is 0 Å². The van der Waals surface area contributed by atoms with Gasteiger partial charge in [-0.25, -0.2) is 0 Å². The molecule has 2 aromatic carbocycles. The van der Waals surface area contributed by atoms with Crippen LogP contribution in [0.2, 0.25) is 0 Å². The molecule has 29 heavy (non-hydrogen) atoms. The molecule has 146 valence electrons. The molecule has 0 aliphatic carbocycles. The smallest absolute Gasteiger partial charge is 0.237 e. The van der Waals surface area contributed by atoms with E-state index in [1.54, 1.807) is 12.5 Å². The third-order valence-electron chi connectivity index (χ3n) is 4.68. The van der Waals surface area contributed by atoms with Crippen molar-refractivity contribution in [1.82, 2.24) is 19.7 Å². The first-order chi connectivity index (χ1) is 14.0. The fourth-order valence-electron chi connectivity index (χ4n) is 3.20. The van der Waals surface area contributed by atoms with Gasteiger partial charge in [-0.15, -0.1) is 10.2 Å². The zero-order valence-corrected chi connectivity index (χ0v) is 17.3. The predicted octanol–water partition coefficient (Wildman–Crippen LogP) is 4.55. The van der Waals surface area contributed by atoms with E-state index in [1.807, 2.05) is 47.9 Å². The van der Waals surface area contributed by atoms with Gasteiger partial charge in [-0.3, -0.25) is 14.3 Å². The number of aryl methyl sites for hydroxylation is 2. The molecule has 4 aromatic rings. The van der Waals surface area contributed by atoms with Gasteiger partial charge in [-0.2, -0.15) is 0 Å². The van der Waals surface area contributed by atoms with Crippen LogP contribution in [0.5, 0.6) is 0 Å². The van der Waals surface area contributed by atoms with E-state index in [2.05, 4.69) is 46.5 Å². The van der Waals surface area contributed by atoms with Gasteiger partial charge in [0.15, 0.2) is 5.16 Å². The van der Waals surface area contributed by atoms with Crippen LogP contribution in [-0.2, 0) is 4.79 Å². The number of hydrogen-bond acceptors (Lipinski definition) is 5. The first-order valence-corrected chi connectivity index (χ1v) is 10.2. The number of rotatable bonds is 5. The molecule has 0 spiro atoms. The van der Waals surface area contributed by atoms with Crippen LogP contribution in [-0.4, -0.2) is 30.9 Å². The topological polar surface area (TPSA) is 72.7 Å². The number of fused-ring (bicyclic) bond motifs is 1. The summed E-state index contributed by atoms with van der Waals surface area (Å²) in [7, 11) is 0. The Kier molecular flexibility index (Phi) is 5.31. The minimum atomic E-state index is -0.351. The molecule has 1 N–H and O–H groups in total. The number of anilines is 1. The number of hydrogen-bond donors (Lipinski definition) is 1. The van der Waals surface area contributed by atoms with E-state index in [4.69, 9.17) is 0 Å². The lowest BCUT2D eigenvalue weighted by Gasteiger charge is -2.14. The molecular formula is C22H21N5OS. The minimum Gasteiger partial charge on any atom is -0.324 e. The maximum absolute atomic E-state index is 12.8. The molecule has 2 heterocycles. The van der Waals surface area contributed by atoms with Gasteiger partial charge in [0.05, 0.1) is 22.1 Å². The lowest BCUT2D eigenvalue weighted by atomic mass is 10.1. The van der Waals surface area contributed by atoms with Crippen molar-refractivity contribution in [3.8, 4) is 5.69 Å². The number of carbonyl (C=O) groups is 1. The summed E-state index contributed by atoms with van der Waals surface area (Å²) in [5.74, 6) is -0.0958. The average Bonchev–Trinajstić information content (AvgIpc) is 3.16. The van der Waals surface area contributed by atoms with Gasteiger partial charge >= 0.3 is 0 Å². The van der Waals surface area contributed by atoms with E-state index in [0.29, 0.717) is 5.16 Å². The molecule has 1 amide bonds. The Morgan fingerprint density at radius 3 is 2.83 bits per heavy atom. The second-order valence-electron chi connectivity index (χ2n) is 6.90. The van der Waals surface area contributed by atoms with E-state index in [0.717, 1.165) is 27.8 Å². The zero-order chi connectivity index (χ0) is 20.4. The molecular weight excluding hydrogens is 382 g/mol. The minimum absolute atomic E-state index is 0.0958. The average molecular weight is 404 g/mol. The highest BCUT2D eigenvalue weighted by Crippen LogP contribution is 2.27. The summed E-state index contributed by atoms with van der Waals surface area (Å²) in [4.78, 5) is 17.2. The standard InChI is InChI=1S/C22H21N5OS/c1-14-9-10-20(15(2)12-14)27-13-24-26-22(27)29-16(3)21(28)25-19-8-4-7-18-17(19)6-5-11-23-18/h4-13,16H,1-3H3,(H,25,28). The van der Waals surface area contributed by atoms with Crippen LogP contribution in [0.1, 0.15) is 18.1 Å². The van der Waals surface area contributed by atoms with Gasteiger partial charge in [0.2, 0.25) is 5.91 Å². The second-order valence-corrected chi connectivity index (χ2v) is 8.21. The van der Waals surface area contributed by atoms with Crippen LogP contribution in [0.4, 0.5) is 5.69 Å². The van der Waals surface area contributed by atoms with Crippen molar-refractivity contribution >= 4 is 34.3 Å². The maximum Gasteiger partial charge on any atom is 0.237 e. The fourth-order valence-corrected chi connectivity index (χ4v) is 4.04. The molecule has 1 atom stereocenters. The van der Waals surface area contributed by atoms with Crippen molar-refractivity contribution in [2.24, 2.45) is 0 Å². The number of aromatic nitrogens is 4. The summed E-state index contributed by atoms with van der Waals surface area (Å²) in [5, 5.41) is 12.5. The maximum atomic E-state index is 12.8. The Bertz CT molecular complexity index is 1180. The molecule has 0 fully saturated rings. The van der Waals surface area contributed by atoms with Gasteiger partial charge in [0.1, 0.15) is 6.33 Å². The van der Waals surface area contributed by atoms with Crippen molar-refractivity contribution in [2.75, 3.05) is 5.32 Å². The molecule has 0 saturated carbocycles. The molecule has 0 aliphatic heterocycles. The summed E-state index contributed by atoms with van der Waals surface area (Å²) in [6, 6.07) is 15.7. The Balaban J connectivity index is 1.53. The van der Waals surface area contributed by atoms with E-state index >= 15 is 0 Å². The van der Waals surface area contributed by atoms with Gasteiger partial charge in [-0.1, -0.05) is 35.5 Å². The van der Waals surface area contributed by atoms with Crippen molar-refractivity contribution in [2.45, 2.75) is 31.2 Å². The van der Waals surface area contributed by atoms with Crippen molar-refractivity contribution in [3.05, 3.63) is 72.2 Å². The quantitative estimate of drug-likeness (QED) is 0.495. The monoisotopic (exact) mass is 403 g/mol. The van der Waals surface area contributed by atoms with Crippen molar-refractivity contribution in [1.29, 1.82) is 0 Å². The summed E-state index contributed by atoms with van der Waals surface area (Å²) >= 11 is 1.38. The molecule has 6 nitrogen and oxygen atoms in total. The second kappa shape index (κ2) is 8.05. The summed E-state index contributed by atoms with van der Waals surface area (Å²) < 4.78 is 1.92. The molecule has 0 bridgehead atoms. The highest BCUT2D eigenvalue weighted by atomic mass is 32.2. The molecule has 4 rings (SSSR count). The number of thioether (sulfide) groups is 1. The van der Waals surface area contributed by atoms with Gasteiger partial charge < -0.3 is 5.32 Å². The van der Waals surface area contributed by atoms with E-state index < -0.39 is 0 Å². The Labute approximate surface area is 173 Å². The van der Waals surface area contributed by atoms with E-state index in [-0.39, 0.29) is 11.2 Å². The van der Waals surface area contributed by atoms with Gasteiger partial charge in [-0.05, 0) is 56.7 Å².